The second-order valence-corrected chi connectivity index (χ2v) is 16.7. The van der Waals surface area contributed by atoms with Crippen LogP contribution in [0.1, 0.15) is 81.4 Å². The second-order valence-electron chi connectivity index (χ2n) is 15.6. The van der Waals surface area contributed by atoms with Crippen LogP contribution in [0.2, 0.25) is 0 Å². The zero-order valence-corrected chi connectivity index (χ0v) is 35.9. The van der Waals surface area contributed by atoms with Gasteiger partial charge in [0.05, 0.1) is 41.8 Å². The molecule has 1 aliphatic carbocycles. The van der Waals surface area contributed by atoms with Gasteiger partial charge in [0.2, 0.25) is 12.2 Å². The van der Waals surface area contributed by atoms with E-state index in [0.717, 1.165) is 18.2 Å². The van der Waals surface area contributed by atoms with Crippen molar-refractivity contribution in [1.29, 1.82) is 0 Å². The van der Waals surface area contributed by atoms with E-state index < -0.39 is 100 Å². The number of nitrogens with zero attached hydrogens (tertiary/aromatic N) is 4. The van der Waals surface area contributed by atoms with Crippen molar-refractivity contribution in [1.82, 2.24) is 14.8 Å². The highest BCUT2D eigenvalue weighted by molar-refractivity contribution is 6.53. The van der Waals surface area contributed by atoms with Crippen molar-refractivity contribution in [2.45, 2.75) is 88.0 Å². The fraction of sp³-hybridized carbons (Fsp3) is 0.500. The van der Waals surface area contributed by atoms with E-state index in [0.29, 0.717) is 12.8 Å². The molecular weight excluding hydrogens is 864 g/mol. The molecule has 0 bridgehead atoms. The summed E-state index contributed by atoms with van der Waals surface area (Å²) in [6.07, 6.45) is -0.416. The average Bonchev–Trinajstić information content (AvgIpc) is 4.06. The number of hydrogen-bond donors (Lipinski definition) is 2. The Kier molecular flexibility index (Phi) is 15.2. The van der Waals surface area contributed by atoms with Crippen molar-refractivity contribution < 1.29 is 62.1 Å². The third-order valence-electron chi connectivity index (χ3n) is 9.85. The summed E-state index contributed by atoms with van der Waals surface area (Å²) in [6, 6.07) is 3.94. The largest absolute Gasteiger partial charge is 0.492 e. The smallest absolute Gasteiger partial charge is 0.410 e. The van der Waals surface area contributed by atoms with E-state index in [1.54, 1.807) is 35.1 Å². The van der Waals surface area contributed by atoms with Crippen molar-refractivity contribution in [2.75, 3.05) is 45.0 Å². The monoisotopic (exact) mass is 909 g/mol. The van der Waals surface area contributed by atoms with E-state index >= 15 is 4.39 Å². The predicted molar refractivity (Wildman–Crippen MR) is 220 cm³/mol. The molecule has 2 amide bonds. The van der Waals surface area contributed by atoms with Gasteiger partial charge in [-0.1, -0.05) is 23.2 Å². The van der Waals surface area contributed by atoms with Crippen LogP contribution in [0, 0.1) is 15.9 Å². The standard InChI is InChI=1S/C40H46Cl2FN5O14/c1-21-17-45(14-15-46(21)39(55)62-40(2,3)4)32-27(43)16-25-31(35(32)58-5)47(23-10-11-23)18-26(34(25)52)38(54)61-20-60-30(50)13-12-29(49)59-19-28(44-37(53)36(41)42)33(51)22-6-8-24(9-7-22)48(56)57/h6-9,16,18,21,23,28,33,36,51H,10-15,17,19-20H2,1-5H3,(H,44,53)/t21?,28-,33-/m1/s1. The number of nitro benzene ring substituents is 1. The van der Waals surface area contributed by atoms with Crippen LogP contribution in [-0.2, 0) is 33.3 Å². The van der Waals surface area contributed by atoms with Crippen molar-refractivity contribution >= 4 is 75.4 Å². The Bertz CT molecular complexity index is 2260. The lowest BCUT2D eigenvalue weighted by Crippen LogP contribution is -2.55. The van der Waals surface area contributed by atoms with E-state index in [2.05, 4.69) is 5.32 Å². The van der Waals surface area contributed by atoms with Crippen molar-refractivity contribution in [3.05, 3.63) is 73.8 Å². The van der Waals surface area contributed by atoms with Crippen LogP contribution in [-0.4, -0.2) is 112 Å². The molecule has 5 rings (SSSR count). The molecule has 2 heterocycles. The number of aromatic nitrogens is 1. The molecule has 2 N–H and O–H groups in total. The average molecular weight is 911 g/mol. The van der Waals surface area contributed by atoms with Gasteiger partial charge in [-0.3, -0.25) is 29.3 Å². The van der Waals surface area contributed by atoms with Crippen LogP contribution >= 0.6 is 23.2 Å². The number of piperazine rings is 1. The van der Waals surface area contributed by atoms with E-state index in [4.69, 9.17) is 46.9 Å². The number of aliphatic hydroxyl groups is 1. The first kappa shape index (κ1) is 47.3. The molecular formula is C40H46Cl2FN5O14. The van der Waals surface area contributed by atoms with Gasteiger partial charge < -0.3 is 48.5 Å². The number of nitrogens with one attached hydrogen (secondary N) is 1. The minimum Gasteiger partial charge on any atom is -0.492 e. The molecule has 19 nitrogen and oxygen atoms in total. The number of fused-ring (bicyclic) bond motifs is 1. The number of rotatable bonds is 16. The molecule has 2 aromatic carbocycles. The van der Waals surface area contributed by atoms with Crippen LogP contribution < -0.4 is 20.4 Å². The molecule has 0 radical (unpaired) electrons. The van der Waals surface area contributed by atoms with Gasteiger partial charge >= 0.3 is 24.0 Å². The van der Waals surface area contributed by atoms with Gasteiger partial charge in [0.1, 0.15) is 29.6 Å². The molecule has 1 unspecified atom stereocenters. The molecule has 336 valence electrons. The highest BCUT2D eigenvalue weighted by Crippen LogP contribution is 2.44. The van der Waals surface area contributed by atoms with Gasteiger partial charge in [-0.15, -0.1) is 0 Å². The normalized spacial score (nSPS) is 16.3. The second kappa shape index (κ2) is 20.0. The number of aliphatic hydroxyl groups excluding tert-OH is 1. The third kappa shape index (κ3) is 11.6. The minimum absolute atomic E-state index is 0.0781. The summed E-state index contributed by atoms with van der Waals surface area (Å²) < 4.78 is 44.2. The van der Waals surface area contributed by atoms with Gasteiger partial charge in [-0.2, -0.15) is 0 Å². The van der Waals surface area contributed by atoms with E-state index in [-0.39, 0.29) is 65.3 Å². The van der Waals surface area contributed by atoms with Crippen LogP contribution in [0.3, 0.4) is 0 Å². The summed E-state index contributed by atoms with van der Waals surface area (Å²) in [5.41, 5.74) is -1.77. The number of pyridine rings is 1. The number of hydrogen-bond acceptors (Lipinski definition) is 15. The lowest BCUT2D eigenvalue weighted by atomic mass is 10.0. The molecule has 3 aromatic rings. The molecule has 3 atom stereocenters. The van der Waals surface area contributed by atoms with Gasteiger partial charge in [0.25, 0.3) is 11.6 Å². The highest BCUT2D eigenvalue weighted by Gasteiger charge is 2.36. The molecule has 2 aliphatic rings. The molecule has 1 aromatic heterocycles. The molecule has 22 heteroatoms. The summed E-state index contributed by atoms with van der Waals surface area (Å²) in [4.78, 5) is 89.0. The number of halogens is 3. The summed E-state index contributed by atoms with van der Waals surface area (Å²) in [6.45, 7) is 6.25. The van der Waals surface area contributed by atoms with Crippen molar-refractivity contribution in [2.24, 2.45) is 0 Å². The Balaban J connectivity index is 1.20. The van der Waals surface area contributed by atoms with Crippen LogP contribution in [0.5, 0.6) is 5.75 Å². The van der Waals surface area contributed by atoms with Crippen molar-refractivity contribution in [3.63, 3.8) is 0 Å². The first-order valence-corrected chi connectivity index (χ1v) is 20.3. The SMILES string of the molecule is COc1c(N2CCN(C(=O)OC(C)(C)C)C(C)C2)c(F)cc2c(=O)c(C(=O)OCOC(=O)CCC(=O)OC[C@@H](NC(=O)C(Cl)Cl)[C@H](O)c3ccc([N+](=O)[O-])cc3)cn(C3CC3)c12. The van der Waals surface area contributed by atoms with Crippen LogP contribution in [0.4, 0.5) is 20.6 Å². The fourth-order valence-electron chi connectivity index (χ4n) is 6.71. The number of carbonyl (C=O) groups excluding carboxylic acids is 5. The first-order chi connectivity index (χ1) is 29.2. The third-order valence-corrected chi connectivity index (χ3v) is 10.3. The zero-order valence-electron chi connectivity index (χ0n) is 34.4. The number of ether oxygens (including phenoxy) is 5. The molecule has 62 heavy (non-hydrogen) atoms. The number of anilines is 1. The molecule has 0 spiro atoms. The van der Waals surface area contributed by atoms with Gasteiger partial charge in [-0.25, -0.2) is 14.0 Å². The topological polar surface area (TPSA) is 235 Å². The number of amides is 2. The molecule has 1 saturated heterocycles. The number of methoxy groups -OCH3 is 1. The van der Waals surface area contributed by atoms with Gasteiger partial charge in [-0.05, 0) is 64.3 Å². The number of carbonyl (C=O) groups is 5. The number of nitro groups is 1. The Morgan fingerprint density at radius 3 is 2.24 bits per heavy atom. The van der Waals surface area contributed by atoms with Crippen LogP contribution in [0.15, 0.2) is 41.3 Å². The molecule has 1 aliphatic heterocycles. The van der Waals surface area contributed by atoms with Gasteiger partial charge in [0.15, 0.2) is 16.4 Å². The maximum Gasteiger partial charge on any atom is 0.410 e. The highest BCUT2D eigenvalue weighted by atomic mass is 35.5. The number of non-ortho nitro benzene ring substituents is 1. The predicted octanol–water partition coefficient (Wildman–Crippen LogP) is 4.84. The summed E-state index contributed by atoms with van der Waals surface area (Å²) >= 11 is 11.2. The lowest BCUT2D eigenvalue weighted by molar-refractivity contribution is -0.384. The van der Waals surface area contributed by atoms with E-state index in [1.807, 2.05) is 6.92 Å². The van der Waals surface area contributed by atoms with Crippen LogP contribution in [0.25, 0.3) is 10.9 Å². The summed E-state index contributed by atoms with van der Waals surface area (Å²) in [5, 5.41) is 24.0. The summed E-state index contributed by atoms with van der Waals surface area (Å²) in [7, 11) is 1.35. The van der Waals surface area contributed by atoms with Gasteiger partial charge in [0, 0.05) is 50.0 Å². The van der Waals surface area contributed by atoms with Crippen molar-refractivity contribution in [3.8, 4) is 5.75 Å². The number of alkyl halides is 2. The summed E-state index contributed by atoms with van der Waals surface area (Å²) in [5.74, 6) is -4.75. The maximum atomic E-state index is 16.1. The number of benzene rings is 2. The Hall–Kier alpha value is -5.73. The quantitative estimate of drug-likeness (QED) is 0.0489. The number of esters is 3. The fourth-order valence-corrected chi connectivity index (χ4v) is 6.84. The molecule has 2 fully saturated rings. The Morgan fingerprint density at radius 1 is 1.03 bits per heavy atom. The Labute approximate surface area is 364 Å². The Morgan fingerprint density at radius 2 is 1.68 bits per heavy atom. The van der Waals surface area contributed by atoms with E-state index in [9.17, 15) is 44.0 Å². The zero-order chi connectivity index (χ0) is 45.6. The lowest BCUT2D eigenvalue weighted by Gasteiger charge is -2.41. The van der Waals surface area contributed by atoms with E-state index in [1.165, 1.54) is 25.4 Å². The minimum atomic E-state index is -1.54. The maximum absolute atomic E-state index is 16.1. The molecule has 1 saturated carbocycles. The first-order valence-electron chi connectivity index (χ1n) is 19.4.